The number of benzene rings is 1. The maximum Gasteiger partial charge on any atom is 0.339 e. The van der Waals surface area contributed by atoms with E-state index in [-0.39, 0.29) is 5.56 Å². The van der Waals surface area contributed by atoms with E-state index in [1.165, 1.54) is 6.20 Å². The molecule has 1 heterocycles. The van der Waals surface area contributed by atoms with Gasteiger partial charge < -0.3 is 9.84 Å². The summed E-state index contributed by atoms with van der Waals surface area (Å²) in [7, 11) is 0. The summed E-state index contributed by atoms with van der Waals surface area (Å²) in [5, 5.41) is 13.3. The Morgan fingerprint density at radius 2 is 2.18 bits per heavy atom. The van der Waals surface area contributed by atoms with Crippen molar-refractivity contribution in [3.8, 4) is 5.75 Å². The number of rotatable bonds is 6. The largest absolute Gasteiger partial charge is 0.493 e. The lowest BCUT2D eigenvalue weighted by atomic mass is 10.2. The highest BCUT2D eigenvalue weighted by Gasteiger charge is 2.14. The molecule has 1 aromatic heterocycles. The summed E-state index contributed by atoms with van der Waals surface area (Å²) in [5.74, 6) is 0.263. The molecule has 0 aliphatic rings. The topological polar surface area (TPSA) is 64.3 Å². The Kier molecular flexibility index (Phi) is 5.24. The Labute approximate surface area is 138 Å². The Balaban J connectivity index is 2.28. The number of carbonyl (C=O) groups is 1. The molecule has 0 atom stereocenters. The van der Waals surface area contributed by atoms with Crippen molar-refractivity contribution in [2.45, 2.75) is 27.3 Å². The number of halogens is 1. The van der Waals surface area contributed by atoms with Gasteiger partial charge in [-0.2, -0.15) is 5.10 Å². The number of nitrogens with zero attached hydrogens (tertiary/aromatic N) is 2. The first-order valence-corrected chi connectivity index (χ1v) is 7.84. The molecule has 0 aliphatic heterocycles. The highest BCUT2D eigenvalue weighted by molar-refractivity contribution is 9.10. The van der Waals surface area contributed by atoms with Crippen molar-refractivity contribution in [1.29, 1.82) is 0 Å². The third-order valence-corrected chi connectivity index (χ3v) is 3.74. The number of carboxylic acids is 1. The molecule has 0 bridgehead atoms. The lowest BCUT2D eigenvalue weighted by Crippen LogP contribution is -2.10. The molecule has 22 heavy (non-hydrogen) atoms. The van der Waals surface area contributed by atoms with Gasteiger partial charge in [-0.1, -0.05) is 29.8 Å². The van der Waals surface area contributed by atoms with Crippen molar-refractivity contribution < 1.29 is 14.6 Å². The highest BCUT2D eigenvalue weighted by Crippen LogP contribution is 2.25. The molecule has 0 unspecified atom stereocenters. The smallest absolute Gasteiger partial charge is 0.339 e. The van der Waals surface area contributed by atoms with Crippen LogP contribution in [0.5, 0.6) is 5.75 Å². The van der Waals surface area contributed by atoms with Crippen LogP contribution in [0.1, 0.15) is 35.5 Å². The van der Waals surface area contributed by atoms with Crippen LogP contribution >= 0.6 is 15.9 Å². The van der Waals surface area contributed by atoms with Crippen molar-refractivity contribution >= 4 is 21.9 Å². The van der Waals surface area contributed by atoms with E-state index in [9.17, 15) is 4.79 Å². The summed E-state index contributed by atoms with van der Waals surface area (Å²) in [5.41, 5.74) is 1.81. The zero-order valence-corrected chi connectivity index (χ0v) is 14.4. The second kappa shape index (κ2) is 6.96. The molecule has 5 nitrogen and oxygen atoms in total. The number of hydrogen-bond acceptors (Lipinski definition) is 3. The van der Waals surface area contributed by atoms with Gasteiger partial charge in [-0.25, -0.2) is 4.79 Å². The first kappa shape index (κ1) is 16.5. The van der Waals surface area contributed by atoms with Crippen LogP contribution in [0.2, 0.25) is 0 Å². The van der Waals surface area contributed by atoms with E-state index < -0.39 is 5.97 Å². The van der Waals surface area contributed by atoms with Gasteiger partial charge in [-0.15, -0.1) is 0 Å². The molecule has 2 aromatic rings. The Morgan fingerprint density at radius 3 is 2.77 bits per heavy atom. The molecule has 0 radical (unpaired) electrons. The number of ether oxygens (including phenoxy) is 1. The summed E-state index contributed by atoms with van der Waals surface area (Å²) < 4.78 is 8.46. The Hall–Kier alpha value is -1.82. The van der Waals surface area contributed by atoms with Crippen LogP contribution in [0.3, 0.4) is 0 Å². The molecule has 0 saturated carbocycles. The zero-order chi connectivity index (χ0) is 16.3. The van der Waals surface area contributed by atoms with Gasteiger partial charge in [-0.05, 0) is 31.0 Å². The van der Waals surface area contributed by atoms with E-state index in [0.717, 1.165) is 15.8 Å². The first-order valence-electron chi connectivity index (χ1n) is 7.05. The SMILES string of the molecule is Cc1c(C(=O)O)cnn1Cc1cc(Br)ccc1OCC(C)C. The van der Waals surface area contributed by atoms with E-state index >= 15 is 0 Å². The van der Waals surface area contributed by atoms with Crippen LogP contribution in [0.15, 0.2) is 28.9 Å². The molecular formula is C16H19BrN2O3. The molecule has 1 aromatic carbocycles. The van der Waals surface area contributed by atoms with Crippen molar-refractivity contribution in [2.75, 3.05) is 6.61 Å². The summed E-state index contributed by atoms with van der Waals surface area (Å²) in [6.07, 6.45) is 1.38. The molecule has 0 saturated heterocycles. The maximum atomic E-state index is 11.1. The molecule has 0 spiro atoms. The minimum Gasteiger partial charge on any atom is -0.493 e. The maximum absolute atomic E-state index is 11.1. The van der Waals surface area contributed by atoms with Crippen molar-refractivity contribution in [2.24, 2.45) is 5.92 Å². The molecule has 0 amide bonds. The molecular weight excluding hydrogens is 348 g/mol. The lowest BCUT2D eigenvalue weighted by molar-refractivity contribution is 0.0696. The Bertz CT molecular complexity index is 680. The fourth-order valence-electron chi connectivity index (χ4n) is 2.05. The van der Waals surface area contributed by atoms with Gasteiger partial charge in [0.2, 0.25) is 0 Å². The third kappa shape index (κ3) is 3.88. The number of carboxylic acid groups (broad SMARTS) is 1. The van der Waals surface area contributed by atoms with Gasteiger partial charge in [0.1, 0.15) is 11.3 Å². The van der Waals surface area contributed by atoms with E-state index in [4.69, 9.17) is 9.84 Å². The van der Waals surface area contributed by atoms with E-state index in [2.05, 4.69) is 34.9 Å². The summed E-state index contributed by atoms with van der Waals surface area (Å²) in [6, 6.07) is 5.81. The van der Waals surface area contributed by atoms with Crippen LogP contribution in [-0.4, -0.2) is 27.5 Å². The molecule has 1 N–H and O–H groups in total. The van der Waals surface area contributed by atoms with Gasteiger partial charge >= 0.3 is 5.97 Å². The molecule has 6 heteroatoms. The van der Waals surface area contributed by atoms with Gasteiger partial charge in [0.05, 0.1) is 25.0 Å². The monoisotopic (exact) mass is 366 g/mol. The van der Waals surface area contributed by atoms with Crippen LogP contribution in [0.25, 0.3) is 0 Å². The summed E-state index contributed by atoms with van der Waals surface area (Å²) >= 11 is 3.46. The van der Waals surface area contributed by atoms with Crippen LogP contribution < -0.4 is 4.74 Å². The van der Waals surface area contributed by atoms with Crippen LogP contribution in [0.4, 0.5) is 0 Å². The Morgan fingerprint density at radius 1 is 1.45 bits per heavy atom. The fourth-order valence-corrected chi connectivity index (χ4v) is 2.45. The molecule has 0 fully saturated rings. The van der Waals surface area contributed by atoms with Crippen LogP contribution in [-0.2, 0) is 6.54 Å². The zero-order valence-electron chi connectivity index (χ0n) is 12.8. The predicted molar refractivity (Wildman–Crippen MR) is 87.5 cm³/mol. The van der Waals surface area contributed by atoms with E-state index in [0.29, 0.717) is 24.8 Å². The second-order valence-corrected chi connectivity index (χ2v) is 6.48. The average Bonchev–Trinajstić information content (AvgIpc) is 2.79. The van der Waals surface area contributed by atoms with E-state index in [1.54, 1.807) is 11.6 Å². The summed E-state index contributed by atoms with van der Waals surface area (Å²) in [6.45, 7) is 7.03. The van der Waals surface area contributed by atoms with Crippen molar-refractivity contribution in [1.82, 2.24) is 9.78 Å². The minimum atomic E-state index is -0.964. The number of aromatic nitrogens is 2. The fraction of sp³-hybridized carbons (Fsp3) is 0.375. The van der Waals surface area contributed by atoms with Crippen molar-refractivity contribution in [3.63, 3.8) is 0 Å². The number of aromatic carboxylic acids is 1. The lowest BCUT2D eigenvalue weighted by Gasteiger charge is -2.14. The third-order valence-electron chi connectivity index (χ3n) is 3.25. The van der Waals surface area contributed by atoms with Gasteiger partial charge in [0.25, 0.3) is 0 Å². The van der Waals surface area contributed by atoms with Crippen LogP contribution in [0, 0.1) is 12.8 Å². The molecule has 2 rings (SSSR count). The van der Waals surface area contributed by atoms with Gasteiger partial charge in [-0.3, -0.25) is 4.68 Å². The minimum absolute atomic E-state index is 0.222. The highest BCUT2D eigenvalue weighted by atomic mass is 79.9. The van der Waals surface area contributed by atoms with Gasteiger partial charge in [0.15, 0.2) is 0 Å². The average molecular weight is 367 g/mol. The molecule has 0 aliphatic carbocycles. The second-order valence-electron chi connectivity index (χ2n) is 5.56. The standard InChI is InChI=1S/C16H19BrN2O3/c1-10(2)9-22-15-5-4-13(17)6-12(15)8-19-11(3)14(7-18-19)16(20)21/h4-7,10H,8-9H2,1-3H3,(H,20,21). The van der Waals surface area contributed by atoms with Gasteiger partial charge in [0, 0.05) is 10.0 Å². The van der Waals surface area contributed by atoms with E-state index in [1.807, 2.05) is 18.2 Å². The summed E-state index contributed by atoms with van der Waals surface area (Å²) in [4.78, 5) is 11.1. The molecule has 118 valence electrons. The predicted octanol–water partition coefficient (Wildman–Crippen LogP) is 3.74. The first-order chi connectivity index (χ1) is 10.4. The van der Waals surface area contributed by atoms with Crippen molar-refractivity contribution in [3.05, 3.63) is 45.7 Å². The normalized spacial score (nSPS) is 11.0. The quantitative estimate of drug-likeness (QED) is 0.845. The number of hydrogen-bond donors (Lipinski definition) is 1.